The van der Waals surface area contributed by atoms with Crippen LogP contribution in [-0.4, -0.2) is 84.5 Å². The number of carbonyl (C=O) groups excluding carboxylic acids is 4. The number of rotatable bonds is 2. The van der Waals surface area contributed by atoms with Gasteiger partial charge in [0.25, 0.3) is 5.91 Å². The largest absolute Gasteiger partial charge is 0.468 e. The summed E-state index contributed by atoms with van der Waals surface area (Å²) in [5.74, 6) is -2.62. The zero-order chi connectivity index (χ0) is 15.3. The number of methoxy groups -OCH3 is 1. The van der Waals surface area contributed by atoms with Crippen molar-refractivity contribution in [1.82, 2.24) is 14.9 Å². The Labute approximate surface area is 120 Å². The van der Waals surface area contributed by atoms with Crippen LogP contribution in [0.4, 0.5) is 0 Å². The first-order valence-electron chi connectivity index (χ1n) is 6.56. The zero-order valence-corrected chi connectivity index (χ0v) is 11.6. The number of ether oxygens (including phenoxy) is 1. The Kier molecular flexibility index (Phi) is 3.18. The van der Waals surface area contributed by atoms with Gasteiger partial charge in [0, 0.05) is 20.1 Å². The summed E-state index contributed by atoms with van der Waals surface area (Å²) in [6.07, 6.45) is -0.936. The third-order valence-corrected chi connectivity index (χ3v) is 4.12. The summed E-state index contributed by atoms with van der Waals surface area (Å²) in [4.78, 5) is 55.6. The van der Waals surface area contributed by atoms with Gasteiger partial charge in [0.2, 0.25) is 11.8 Å². The topological polar surface area (TPSA) is 96.5 Å². The molecule has 0 spiro atoms. The van der Waals surface area contributed by atoms with Crippen molar-refractivity contribution in [1.29, 1.82) is 0 Å². The van der Waals surface area contributed by atoms with Crippen LogP contribution in [-0.2, 0) is 28.8 Å². The van der Waals surface area contributed by atoms with Crippen LogP contribution in [0.25, 0.3) is 0 Å². The standard InChI is InChI=1S/C12H15N3O6/c1-13-10(17)7-8-11(18)14(5-6(16)20-2)3-4-15(8)21-9(7)12(13)19/h7-9H,3-5H2,1-2H3. The molecule has 0 bridgehead atoms. The first kappa shape index (κ1) is 14.0. The number of piperazine rings is 1. The van der Waals surface area contributed by atoms with Crippen molar-refractivity contribution in [3.05, 3.63) is 0 Å². The van der Waals surface area contributed by atoms with E-state index in [9.17, 15) is 19.2 Å². The van der Waals surface area contributed by atoms with E-state index in [1.807, 2.05) is 0 Å². The monoisotopic (exact) mass is 297 g/mol. The lowest BCUT2D eigenvalue weighted by atomic mass is 9.94. The predicted octanol–water partition coefficient (Wildman–Crippen LogP) is -2.40. The molecule has 3 fully saturated rings. The second-order valence-corrected chi connectivity index (χ2v) is 5.21. The Hall–Kier alpha value is -2.00. The number of nitrogens with zero attached hydrogens (tertiary/aromatic N) is 3. The Bertz CT molecular complexity index is 535. The summed E-state index contributed by atoms with van der Waals surface area (Å²) >= 11 is 0. The molecule has 3 heterocycles. The lowest BCUT2D eigenvalue weighted by Crippen LogP contribution is -2.58. The minimum absolute atomic E-state index is 0.172. The highest BCUT2D eigenvalue weighted by Crippen LogP contribution is 2.37. The molecule has 0 radical (unpaired) electrons. The quantitative estimate of drug-likeness (QED) is 0.414. The molecule has 9 nitrogen and oxygen atoms in total. The van der Waals surface area contributed by atoms with Crippen LogP contribution >= 0.6 is 0 Å². The lowest BCUT2D eigenvalue weighted by molar-refractivity contribution is -0.195. The molecule has 0 aromatic rings. The summed E-state index contributed by atoms with van der Waals surface area (Å²) in [5.41, 5.74) is 0. The average Bonchev–Trinajstić information content (AvgIpc) is 2.95. The molecule has 9 heteroatoms. The predicted molar refractivity (Wildman–Crippen MR) is 65.2 cm³/mol. The van der Waals surface area contributed by atoms with Gasteiger partial charge in [-0.3, -0.25) is 28.9 Å². The first-order chi connectivity index (χ1) is 9.95. The molecule has 3 unspecified atom stereocenters. The second-order valence-electron chi connectivity index (χ2n) is 5.21. The minimum Gasteiger partial charge on any atom is -0.468 e. The summed E-state index contributed by atoms with van der Waals surface area (Å²) in [6, 6.07) is -0.852. The molecule has 21 heavy (non-hydrogen) atoms. The Morgan fingerprint density at radius 2 is 1.95 bits per heavy atom. The summed E-state index contributed by atoms with van der Waals surface area (Å²) in [7, 11) is 2.61. The number of imide groups is 1. The molecule has 3 rings (SSSR count). The van der Waals surface area contributed by atoms with E-state index in [-0.39, 0.29) is 13.1 Å². The van der Waals surface area contributed by atoms with E-state index in [0.717, 1.165) is 4.90 Å². The number of fused-ring (bicyclic) bond motifs is 3. The van der Waals surface area contributed by atoms with Crippen LogP contribution < -0.4 is 0 Å². The van der Waals surface area contributed by atoms with E-state index in [1.54, 1.807) is 0 Å². The maximum atomic E-state index is 12.5. The van der Waals surface area contributed by atoms with Crippen molar-refractivity contribution < 1.29 is 28.8 Å². The van der Waals surface area contributed by atoms with Crippen LogP contribution in [0.1, 0.15) is 0 Å². The molecule has 3 saturated heterocycles. The van der Waals surface area contributed by atoms with E-state index < -0.39 is 41.8 Å². The molecule has 0 aliphatic carbocycles. The third-order valence-electron chi connectivity index (χ3n) is 4.12. The molecule has 0 saturated carbocycles. The molecule has 3 aliphatic heterocycles. The average molecular weight is 297 g/mol. The highest BCUT2D eigenvalue weighted by molar-refractivity contribution is 6.09. The lowest BCUT2D eigenvalue weighted by Gasteiger charge is -2.36. The Balaban J connectivity index is 1.83. The molecule has 0 aromatic carbocycles. The number of amides is 3. The summed E-state index contributed by atoms with van der Waals surface area (Å²) < 4.78 is 4.55. The van der Waals surface area contributed by atoms with Gasteiger partial charge < -0.3 is 9.64 Å². The fourth-order valence-corrected chi connectivity index (χ4v) is 2.97. The number of likely N-dealkylation sites (tertiary alicyclic amines) is 1. The van der Waals surface area contributed by atoms with Crippen LogP contribution in [0.3, 0.4) is 0 Å². The Morgan fingerprint density at radius 1 is 1.24 bits per heavy atom. The normalized spacial score (nSPS) is 32.5. The highest BCUT2D eigenvalue weighted by Gasteiger charge is 2.62. The van der Waals surface area contributed by atoms with E-state index in [2.05, 4.69) is 4.74 Å². The van der Waals surface area contributed by atoms with E-state index in [4.69, 9.17) is 4.84 Å². The molecule has 3 amide bonds. The van der Waals surface area contributed by atoms with Gasteiger partial charge >= 0.3 is 5.97 Å². The number of likely N-dealkylation sites (N-methyl/N-ethyl adjacent to an activating group) is 1. The smallest absolute Gasteiger partial charge is 0.325 e. The fraction of sp³-hybridized carbons (Fsp3) is 0.667. The summed E-state index contributed by atoms with van der Waals surface area (Å²) in [5, 5.41) is 1.38. The highest BCUT2D eigenvalue weighted by atomic mass is 16.7. The number of hydroxylamine groups is 2. The van der Waals surface area contributed by atoms with Gasteiger partial charge in [-0.05, 0) is 0 Å². The van der Waals surface area contributed by atoms with Crippen molar-refractivity contribution in [3.63, 3.8) is 0 Å². The molecule has 0 aromatic heterocycles. The van der Waals surface area contributed by atoms with E-state index in [1.165, 1.54) is 24.1 Å². The van der Waals surface area contributed by atoms with Gasteiger partial charge in [-0.1, -0.05) is 0 Å². The number of hydrogen-bond acceptors (Lipinski definition) is 7. The van der Waals surface area contributed by atoms with Gasteiger partial charge in [0.15, 0.2) is 6.10 Å². The number of hydrogen-bond donors (Lipinski definition) is 0. The minimum atomic E-state index is -0.936. The maximum absolute atomic E-state index is 12.5. The first-order valence-corrected chi connectivity index (χ1v) is 6.56. The molecular formula is C12H15N3O6. The van der Waals surface area contributed by atoms with Crippen LogP contribution in [0.5, 0.6) is 0 Å². The number of carbonyl (C=O) groups is 4. The van der Waals surface area contributed by atoms with Gasteiger partial charge in [-0.25, -0.2) is 0 Å². The molecule has 0 N–H and O–H groups in total. The molecule has 3 atom stereocenters. The molecule has 114 valence electrons. The van der Waals surface area contributed by atoms with E-state index >= 15 is 0 Å². The zero-order valence-electron chi connectivity index (χ0n) is 11.6. The van der Waals surface area contributed by atoms with Gasteiger partial charge in [0.1, 0.15) is 18.5 Å². The second kappa shape index (κ2) is 4.78. The van der Waals surface area contributed by atoms with Crippen molar-refractivity contribution in [2.24, 2.45) is 5.92 Å². The fourth-order valence-electron chi connectivity index (χ4n) is 2.97. The van der Waals surface area contributed by atoms with Crippen molar-refractivity contribution >= 4 is 23.7 Å². The third kappa shape index (κ3) is 1.92. The van der Waals surface area contributed by atoms with Crippen molar-refractivity contribution in [2.45, 2.75) is 12.1 Å². The Morgan fingerprint density at radius 3 is 2.62 bits per heavy atom. The number of esters is 1. The molecular weight excluding hydrogens is 282 g/mol. The van der Waals surface area contributed by atoms with Crippen LogP contribution in [0, 0.1) is 5.92 Å². The van der Waals surface area contributed by atoms with E-state index in [0.29, 0.717) is 6.54 Å². The van der Waals surface area contributed by atoms with Crippen molar-refractivity contribution in [3.8, 4) is 0 Å². The van der Waals surface area contributed by atoms with Crippen LogP contribution in [0.15, 0.2) is 0 Å². The SMILES string of the molecule is COC(=O)CN1CCN2OC3C(=O)N(C)C(=O)C3C2C1=O. The van der Waals surface area contributed by atoms with Gasteiger partial charge in [0.05, 0.1) is 7.11 Å². The molecule has 3 aliphatic rings. The van der Waals surface area contributed by atoms with Gasteiger partial charge in [-0.2, -0.15) is 5.06 Å². The summed E-state index contributed by atoms with van der Waals surface area (Å²) in [6.45, 7) is 0.446. The van der Waals surface area contributed by atoms with Gasteiger partial charge in [-0.15, -0.1) is 0 Å². The maximum Gasteiger partial charge on any atom is 0.325 e. The van der Waals surface area contributed by atoms with Crippen LogP contribution in [0.2, 0.25) is 0 Å². The van der Waals surface area contributed by atoms with Crippen molar-refractivity contribution in [2.75, 3.05) is 33.8 Å².